The van der Waals surface area contributed by atoms with Crippen LogP contribution < -0.4 is 0 Å². The number of aliphatic hydroxyl groups is 1. The van der Waals surface area contributed by atoms with Crippen LogP contribution in [0.4, 0.5) is 4.39 Å². The molecule has 0 aromatic heterocycles. The molecule has 0 aliphatic carbocycles. The van der Waals surface area contributed by atoms with Gasteiger partial charge in [-0.15, -0.1) is 0 Å². The van der Waals surface area contributed by atoms with Crippen LogP contribution in [-0.2, 0) is 5.41 Å². The Morgan fingerprint density at radius 2 is 1.65 bits per heavy atom. The normalized spacial score (nSPS) is 13.3. The van der Waals surface area contributed by atoms with Crippen molar-refractivity contribution in [2.24, 2.45) is 0 Å². The topological polar surface area (TPSA) is 20.2 Å². The van der Waals surface area contributed by atoms with Crippen molar-refractivity contribution in [1.82, 2.24) is 0 Å². The van der Waals surface area contributed by atoms with Crippen LogP contribution in [-0.4, -0.2) is 5.11 Å². The summed E-state index contributed by atoms with van der Waals surface area (Å²) < 4.78 is 13.8. The van der Waals surface area contributed by atoms with Gasteiger partial charge in [-0.25, -0.2) is 4.39 Å². The number of halogens is 2. The fraction of sp³-hybridized carbons (Fsp3) is 0.294. The third-order valence-electron chi connectivity index (χ3n) is 3.37. The molecule has 2 rings (SSSR count). The Morgan fingerprint density at radius 3 is 2.20 bits per heavy atom. The van der Waals surface area contributed by atoms with Crippen molar-refractivity contribution in [1.29, 1.82) is 0 Å². The van der Waals surface area contributed by atoms with Crippen LogP contribution in [0.3, 0.4) is 0 Å². The molecule has 106 valence electrons. The van der Waals surface area contributed by atoms with Gasteiger partial charge in [0, 0.05) is 5.56 Å². The number of benzene rings is 2. The SMILES string of the molecule is CC(C)(C)c1ccc(C(O)c2cccc(F)c2Br)cc1. The summed E-state index contributed by atoms with van der Waals surface area (Å²) >= 11 is 3.19. The second kappa shape index (κ2) is 5.66. The fourth-order valence-electron chi connectivity index (χ4n) is 2.08. The molecule has 0 fully saturated rings. The Labute approximate surface area is 127 Å². The molecule has 0 amide bonds. The molecule has 0 aliphatic heterocycles. The highest BCUT2D eigenvalue weighted by molar-refractivity contribution is 9.10. The third kappa shape index (κ3) is 3.10. The summed E-state index contributed by atoms with van der Waals surface area (Å²) in [6.45, 7) is 6.42. The zero-order chi connectivity index (χ0) is 14.9. The monoisotopic (exact) mass is 336 g/mol. The Kier molecular flexibility index (Phi) is 4.31. The van der Waals surface area contributed by atoms with Crippen LogP contribution in [0.2, 0.25) is 0 Å². The Morgan fingerprint density at radius 1 is 1.05 bits per heavy atom. The van der Waals surface area contributed by atoms with E-state index in [0.29, 0.717) is 10.0 Å². The summed E-state index contributed by atoms with van der Waals surface area (Å²) in [7, 11) is 0. The first-order valence-electron chi connectivity index (χ1n) is 6.53. The van der Waals surface area contributed by atoms with E-state index in [1.807, 2.05) is 24.3 Å². The van der Waals surface area contributed by atoms with E-state index in [9.17, 15) is 9.50 Å². The maximum Gasteiger partial charge on any atom is 0.137 e. The van der Waals surface area contributed by atoms with Gasteiger partial charge in [-0.1, -0.05) is 57.2 Å². The molecule has 0 spiro atoms. The van der Waals surface area contributed by atoms with E-state index in [1.54, 1.807) is 12.1 Å². The molecule has 0 heterocycles. The summed E-state index contributed by atoms with van der Waals surface area (Å²) in [5.41, 5.74) is 2.56. The minimum Gasteiger partial charge on any atom is -0.384 e. The lowest BCUT2D eigenvalue weighted by molar-refractivity contribution is 0.219. The van der Waals surface area contributed by atoms with Crippen molar-refractivity contribution in [3.8, 4) is 0 Å². The lowest BCUT2D eigenvalue weighted by Crippen LogP contribution is -2.11. The second-order valence-corrected chi connectivity index (χ2v) is 6.71. The molecule has 0 aliphatic rings. The molecular formula is C17H18BrFO. The molecule has 1 unspecified atom stereocenters. The van der Waals surface area contributed by atoms with Gasteiger partial charge >= 0.3 is 0 Å². The Balaban J connectivity index is 2.34. The first kappa shape index (κ1) is 15.2. The van der Waals surface area contributed by atoms with Crippen LogP contribution >= 0.6 is 15.9 Å². The largest absolute Gasteiger partial charge is 0.384 e. The molecule has 0 saturated heterocycles. The van der Waals surface area contributed by atoms with Crippen LogP contribution in [0.5, 0.6) is 0 Å². The number of hydrogen-bond donors (Lipinski definition) is 1. The van der Waals surface area contributed by atoms with Crippen molar-refractivity contribution in [2.75, 3.05) is 0 Å². The predicted molar refractivity (Wildman–Crippen MR) is 83.3 cm³/mol. The van der Waals surface area contributed by atoms with Gasteiger partial charge in [0.05, 0.1) is 4.47 Å². The zero-order valence-electron chi connectivity index (χ0n) is 11.8. The third-order valence-corrected chi connectivity index (χ3v) is 4.21. The minimum absolute atomic E-state index is 0.0723. The van der Waals surface area contributed by atoms with Gasteiger partial charge in [-0.2, -0.15) is 0 Å². The van der Waals surface area contributed by atoms with Crippen LogP contribution in [0, 0.1) is 5.82 Å². The van der Waals surface area contributed by atoms with Gasteiger partial charge in [0.2, 0.25) is 0 Å². The van der Waals surface area contributed by atoms with Crippen molar-refractivity contribution < 1.29 is 9.50 Å². The Hall–Kier alpha value is -1.19. The standard InChI is InChI=1S/C17H18BrFO/c1-17(2,3)12-9-7-11(8-10-12)16(20)13-5-4-6-14(19)15(13)18/h4-10,16,20H,1-3H3. The molecule has 1 N–H and O–H groups in total. The molecule has 0 radical (unpaired) electrons. The maximum atomic E-state index is 13.5. The summed E-state index contributed by atoms with van der Waals surface area (Å²) in [5.74, 6) is -0.368. The summed E-state index contributed by atoms with van der Waals surface area (Å²) in [6, 6.07) is 12.5. The van der Waals surface area contributed by atoms with E-state index < -0.39 is 6.10 Å². The van der Waals surface area contributed by atoms with Crippen LogP contribution in [0.15, 0.2) is 46.9 Å². The smallest absolute Gasteiger partial charge is 0.137 e. The summed E-state index contributed by atoms with van der Waals surface area (Å²) in [6.07, 6.45) is -0.839. The van der Waals surface area contributed by atoms with Crippen molar-refractivity contribution in [2.45, 2.75) is 32.3 Å². The van der Waals surface area contributed by atoms with E-state index >= 15 is 0 Å². The molecule has 2 aromatic carbocycles. The molecular weight excluding hydrogens is 319 g/mol. The predicted octanol–water partition coefficient (Wildman–Crippen LogP) is 4.97. The number of aliphatic hydroxyl groups excluding tert-OH is 1. The molecule has 0 saturated carbocycles. The summed E-state index contributed by atoms with van der Waals surface area (Å²) in [4.78, 5) is 0. The van der Waals surface area contributed by atoms with E-state index in [1.165, 1.54) is 11.6 Å². The lowest BCUT2D eigenvalue weighted by Gasteiger charge is -2.20. The van der Waals surface area contributed by atoms with Crippen molar-refractivity contribution in [3.05, 3.63) is 69.4 Å². The zero-order valence-corrected chi connectivity index (χ0v) is 13.4. The van der Waals surface area contributed by atoms with E-state index in [4.69, 9.17) is 0 Å². The summed E-state index contributed by atoms with van der Waals surface area (Å²) in [5, 5.41) is 10.4. The van der Waals surface area contributed by atoms with Gasteiger partial charge in [0.25, 0.3) is 0 Å². The Bertz CT molecular complexity index is 599. The quantitative estimate of drug-likeness (QED) is 0.821. The van der Waals surface area contributed by atoms with Crippen LogP contribution in [0.25, 0.3) is 0 Å². The molecule has 2 aromatic rings. The molecule has 1 nitrogen and oxygen atoms in total. The molecule has 20 heavy (non-hydrogen) atoms. The molecule has 0 bridgehead atoms. The van der Waals surface area contributed by atoms with Gasteiger partial charge in [-0.3, -0.25) is 0 Å². The minimum atomic E-state index is -0.839. The van der Waals surface area contributed by atoms with E-state index in [-0.39, 0.29) is 11.2 Å². The highest BCUT2D eigenvalue weighted by atomic mass is 79.9. The second-order valence-electron chi connectivity index (χ2n) is 5.92. The number of rotatable bonds is 2. The van der Waals surface area contributed by atoms with Gasteiger partial charge in [0.1, 0.15) is 11.9 Å². The van der Waals surface area contributed by atoms with E-state index in [0.717, 1.165) is 5.56 Å². The maximum absolute atomic E-state index is 13.5. The van der Waals surface area contributed by atoms with Crippen molar-refractivity contribution >= 4 is 15.9 Å². The first-order valence-corrected chi connectivity index (χ1v) is 7.32. The molecule has 1 atom stereocenters. The highest BCUT2D eigenvalue weighted by Crippen LogP contribution is 2.31. The van der Waals surface area contributed by atoms with Gasteiger partial charge in [0.15, 0.2) is 0 Å². The van der Waals surface area contributed by atoms with Crippen molar-refractivity contribution in [3.63, 3.8) is 0 Å². The average molecular weight is 337 g/mol. The lowest BCUT2D eigenvalue weighted by atomic mass is 9.86. The average Bonchev–Trinajstić information content (AvgIpc) is 2.40. The van der Waals surface area contributed by atoms with Crippen LogP contribution in [0.1, 0.15) is 43.6 Å². The fourth-order valence-corrected chi connectivity index (χ4v) is 2.56. The van der Waals surface area contributed by atoms with Gasteiger partial charge in [-0.05, 0) is 38.5 Å². The highest BCUT2D eigenvalue weighted by Gasteiger charge is 2.18. The van der Waals surface area contributed by atoms with E-state index in [2.05, 4.69) is 36.7 Å². The molecule has 3 heteroatoms. The first-order chi connectivity index (χ1) is 9.30. The van der Waals surface area contributed by atoms with Gasteiger partial charge < -0.3 is 5.11 Å². The number of hydrogen-bond acceptors (Lipinski definition) is 1.